The average Bonchev–Trinajstić information content (AvgIpc) is 2.03. The summed E-state index contributed by atoms with van der Waals surface area (Å²) in [5, 5.41) is 17.1. The molecule has 0 radical (unpaired) electrons. The van der Waals surface area contributed by atoms with Crippen molar-refractivity contribution in [3.63, 3.8) is 0 Å². The lowest BCUT2D eigenvalue weighted by Gasteiger charge is -2.22. The summed E-state index contributed by atoms with van der Waals surface area (Å²) in [6.45, 7) is 2.38. The highest BCUT2D eigenvalue weighted by atomic mass is 16.4. The van der Waals surface area contributed by atoms with Crippen molar-refractivity contribution in [2.24, 2.45) is 5.73 Å². The van der Waals surface area contributed by atoms with Gasteiger partial charge in [0, 0.05) is 0 Å². The SMILES string of the molecule is C[C@H](C(=O)O)N(C(=O)O)C(=O)[C@@H](C)N. The summed E-state index contributed by atoms with van der Waals surface area (Å²) in [5.41, 5.74) is 5.17. The van der Waals surface area contributed by atoms with Crippen LogP contribution in [0, 0.1) is 0 Å². The van der Waals surface area contributed by atoms with E-state index in [9.17, 15) is 14.4 Å². The van der Waals surface area contributed by atoms with E-state index in [-0.39, 0.29) is 4.90 Å². The molecule has 0 bridgehead atoms. The number of carbonyl (C=O) groups is 3. The van der Waals surface area contributed by atoms with E-state index >= 15 is 0 Å². The highest BCUT2D eigenvalue weighted by molar-refractivity contribution is 5.97. The second-order valence-electron chi connectivity index (χ2n) is 2.79. The topological polar surface area (TPSA) is 121 Å². The largest absolute Gasteiger partial charge is 0.480 e. The van der Waals surface area contributed by atoms with Crippen LogP contribution in [0.3, 0.4) is 0 Å². The number of hydrogen-bond acceptors (Lipinski definition) is 4. The number of nitrogens with zero attached hydrogens (tertiary/aromatic N) is 1. The Labute approximate surface area is 80.1 Å². The molecular formula is C7H12N2O5. The molecule has 80 valence electrons. The normalized spacial score (nSPS) is 14.2. The predicted octanol–water partition coefficient (Wildman–Crippen LogP) is -0.687. The first kappa shape index (κ1) is 12.4. The highest BCUT2D eigenvalue weighted by Gasteiger charge is 2.32. The maximum Gasteiger partial charge on any atom is 0.414 e. The van der Waals surface area contributed by atoms with Crippen molar-refractivity contribution in [3.05, 3.63) is 0 Å². The summed E-state index contributed by atoms with van der Waals surface area (Å²) in [5.74, 6) is -2.34. The number of imide groups is 1. The Hall–Kier alpha value is -1.63. The van der Waals surface area contributed by atoms with Gasteiger partial charge in [-0.1, -0.05) is 0 Å². The molecule has 2 amide bonds. The molecule has 0 aromatic heterocycles. The number of rotatable bonds is 3. The van der Waals surface area contributed by atoms with Crippen LogP contribution in [0.5, 0.6) is 0 Å². The third kappa shape index (κ3) is 2.70. The molecule has 4 N–H and O–H groups in total. The first-order valence-electron chi connectivity index (χ1n) is 3.83. The number of carbonyl (C=O) groups excluding carboxylic acids is 1. The number of carboxylic acid groups (broad SMARTS) is 2. The third-order valence-corrected chi connectivity index (χ3v) is 1.58. The zero-order chi connectivity index (χ0) is 11.5. The zero-order valence-electron chi connectivity index (χ0n) is 7.80. The van der Waals surface area contributed by atoms with Crippen molar-refractivity contribution in [2.45, 2.75) is 25.9 Å². The fourth-order valence-corrected chi connectivity index (χ4v) is 0.781. The molecule has 7 heteroatoms. The minimum atomic E-state index is -1.62. The van der Waals surface area contributed by atoms with Crippen LogP contribution in [0.4, 0.5) is 4.79 Å². The van der Waals surface area contributed by atoms with Crippen molar-refractivity contribution >= 4 is 18.0 Å². The Morgan fingerprint density at radius 1 is 1.21 bits per heavy atom. The summed E-state index contributed by atoms with van der Waals surface area (Å²) in [4.78, 5) is 32.4. The van der Waals surface area contributed by atoms with Gasteiger partial charge in [-0.2, -0.15) is 0 Å². The molecule has 14 heavy (non-hydrogen) atoms. The minimum absolute atomic E-state index is 0.201. The molecule has 0 spiro atoms. The van der Waals surface area contributed by atoms with E-state index in [4.69, 9.17) is 15.9 Å². The van der Waals surface area contributed by atoms with E-state index in [0.29, 0.717) is 0 Å². The first-order valence-corrected chi connectivity index (χ1v) is 3.83. The third-order valence-electron chi connectivity index (χ3n) is 1.58. The quantitative estimate of drug-likeness (QED) is 0.559. The minimum Gasteiger partial charge on any atom is -0.480 e. The average molecular weight is 204 g/mol. The van der Waals surface area contributed by atoms with Crippen molar-refractivity contribution in [1.82, 2.24) is 4.90 Å². The molecule has 0 rings (SSSR count). The van der Waals surface area contributed by atoms with Gasteiger partial charge < -0.3 is 15.9 Å². The van der Waals surface area contributed by atoms with E-state index in [0.717, 1.165) is 6.92 Å². The molecule has 0 saturated carbocycles. The van der Waals surface area contributed by atoms with Crippen molar-refractivity contribution in [2.75, 3.05) is 0 Å². The maximum atomic E-state index is 11.2. The molecule has 0 aliphatic heterocycles. The summed E-state index contributed by atoms with van der Waals surface area (Å²) in [6, 6.07) is -2.49. The molecule has 0 saturated heterocycles. The van der Waals surface area contributed by atoms with Gasteiger partial charge in [0.25, 0.3) is 0 Å². The van der Waals surface area contributed by atoms with Crippen molar-refractivity contribution in [3.8, 4) is 0 Å². The van der Waals surface area contributed by atoms with Crippen LogP contribution in [0.2, 0.25) is 0 Å². The molecule has 7 nitrogen and oxygen atoms in total. The molecule has 0 aliphatic rings. The van der Waals surface area contributed by atoms with Crippen molar-refractivity contribution in [1.29, 1.82) is 0 Å². The fourth-order valence-electron chi connectivity index (χ4n) is 0.781. The number of amides is 2. The second kappa shape index (κ2) is 4.56. The van der Waals surface area contributed by atoms with Crippen LogP contribution in [0.15, 0.2) is 0 Å². The van der Waals surface area contributed by atoms with Crippen LogP contribution >= 0.6 is 0 Å². The summed E-state index contributed by atoms with van der Waals surface area (Å²) in [6.07, 6.45) is -1.62. The molecule has 0 aromatic rings. The molecule has 2 atom stereocenters. The van der Waals surface area contributed by atoms with E-state index in [1.807, 2.05) is 0 Å². The Kier molecular flexibility index (Phi) is 4.03. The van der Waals surface area contributed by atoms with Gasteiger partial charge in [0.05, 0.1) is 6.04 Å². The zero-order valence-corrected chi connectivity index (χ0v) is 7.80. The first-order chi connectivity index (χ1) is 6.29. The van der Waals surface area contributed by atoms with Crippen LogP contribution in [-0.4, -0.2) is 45.2 Å². The van der Waals surface area contributed by atoms with Crippen LogP contribution in [-0.2, 0) is 9.59 Å². The van der Waals surface area contributed by atoms with Gasteiger partial charge in [-0.3, -0.25) is 4.79 Å². The van der Waals surface area contributed by atoms with Gasteiger partial charge >= 0.3 is 12.1 Å². The van der Waals surface area contributed by atoms with Crippen LogP contribution < -0.4 is 5.73 Å². The standard InChI is InChI=1S/C7H12N2O5/c1-3(8)5(10)9(7(13)14)4(2)6(11)12/h3-4H,8H2,1-2H3,(H,11,12)(H,13,14)/t3-,4-/m1/s1. The van der Waals surface area contributed by atoms with Crippen LogP contribution in [0.25, 0.3) is 0 Å². The van der Waals surface area contributed by atoms with E-state index in [1.54, 1.807) is 0 Å². The van der Waals surface area contributed by atoms with E-state index < -0.39 is 30.1 Å². The second-order valence-corrected chi connectivity index (χ2v) is 2.79. The molecule has 0 unspecified atom stereocenters. The number of aliphatic carboxylic acids is 1. The molecule has 0 heterocycles. The predicted molar refractivity (Wildman–Crippen MR) is 45.6 cm³/mol. The lowest BCUT2D eigenvalue weighted by atomic mass is 10.2. The van der Waals surface area contributed by atoms with Crippen LogP contribution in [0.1, 0.15) is 13.8 Å². The molecular weight excluding hydrogens is 192 g/mol. The summed E-state index contributed by atoms with van der Waals surface area (Å²) < 4.78 is 0. The van der Waals surface area contributed by atoms with Gasteiger partial charge in [-0.05, 0) is 13.8 Å². The highest BCUT2D eigenvalue weighted by Crippen LogP contribution is 2.02. The van der Waals surface area contributed by atoms with Crippen molar-refractivity contribution < 1.29 is 24.6 Å². The van der Waals surface area contributed by atoms with E-state index in [1.165, 1.54) is 6.92 Å². The lowest BCUT2D eigenvalue weighted by molar-refractivity contribution is -0.148. The Morgan fingerprint density at radius 3 is 1.86 bits per heavy atom. The molecule has 0 aliphatic carbocycles. The Morgan fingerprint density at radius 2 is 1.64 bits per heavy atom. The van der Waals surface area contributed by atoms with E-state index in [2.05, 4.69) is 0 Å². The Bertz CT molecular complexity index is 263. The fraction of sp³-hybridized carbons (Fsp3) is 0.571. The van der Waals surface area contributed by atoms with Gasteiger partial charge in [0.2, 0.25) is 5.91 Å². The summed E-state index contributed by atoms with van der Waals surface area (Å²) >= 11 is 0. The maximum absolute atomic E-state index is 11.2. The molecule has 0 fully saturated rings. The van der Waals surface area contributed by atoms with Gasteiger partial charge in [0.1, 0.15) is 6.04 Å². The monoisotopic (exact) mass is 204 g/mol. The van der Waals surface area contributed by atoms with Gasteiger partial charge in [-0.15, -0.1) is 0 Å². The number of hydrogen-bond donors (Lipinski definition) is 3. The van der Waals surface area contributed by atoms with Gasteiger partial charge in [0.15, 0.2) is 0 Å². The smallest absolute Gasteiger partial charge is 0.414 e. The molecule has 0 aromatic carbocycles. The lowest BCUT2D eigenvalue weighted by Crippen LogP contribution is -2.51. The summed E-state index contributed by atoms with van der Waals surface area (Å²) in [7, 11) is 0. The Balaban J connectivity index is 4.87. The number of carboxylic acids is 1. The number of nitrogens with two attached hydrogens (primary N) is 1. The van der Waals surface area contributed by atoms with Gasteiger partial charge in [-0.25, -0.2) is 14.5 Å².